The molecular weight excluding hydrogens is 510 g/mol. The zero-order valence-electron chi connectivity index (χ0n) is 22.8. The summed E-state index contributed by atoms with van der Waals surface area (Å²) in [7, 11) is 3.14. The smallest absolute Gasteiger partial charge is 0.246 e. The Morgan fingerprint density at radius 1 is 0.897 bits per heavy atom. The number of benzene rings is 1. The van der Waals surface area contributed by atoms with Gasteiger partial charge >= 0.3 is 0 Å². The van der Waals surface area contributed by atoms with Gasteiger partial charge in [-0.2, -0.15) is 0 Å². The zero-order chi connectivity index (χ0) is 28.9. The number of amides is 3. The lowest BCUT2D eigenvalue weighted by Gasteiger charge is -2.19. The molecule has 0 aliphatic carbocycles. The summed E-state index contributed by atoms with van der Waals surface area (Å²) in [4.78, 5) is 47.5. The first kappa shape index (κ1) is 33.9. The molecule has 0 heterocycles. The largest absolute Gasteiger partial charge is 0.508 e. The van der Waals surface area contributed by atoms with Gasteiger partial charge in [-0.05, 0) is 50.4 Å². The summed E-state index contributed by atoms with van der Waals surface area (Å²) in [6.45, 7) is 1.63. The summed E-state index contributed by atoms with van der Waals surface area (Å²) in [6.07, 6.45) is 2.28. The van der Waals surface area contributed by atoms with Crippen molar-refractivity contribution in [2.45, 2.75) is 37.8 Å². The molecule has 0 bridgehead atoms. The van der Waals surface area contributed by atoms with Crippen molar-refractivity contribution in [3.63, 3.8) is 0 Å². The number of ether oxygens (including phenoxy) is 3. The maximum atomic E-state index is 12.6. The zero-order valence-corrected chi connectivity index (χ0v) is 22.8. The molecule has 0 radical (unpaired) electrons. The van der Waals surface area contributed by atoms with Crippen LogP contribution in [0.1, 0.15) is 24.8 Å². The van der Waals surface area contributed by atoms with E-state index < -0.39 is 18.0 Å². The average molecular weight is 554 g/mol. The predicted molar refractivity (Wildman–Crippen MR) is 144 cm³/mol. The summed E-state index contributed by atoms with van der Waals surface area (Å²) in [6, 6.07) is 5.33. The number of carbonyl (C=O) groups is 4. The molecule has 0 spiro atoms. The summed E-state index contributed by atoms with van der Waals surface area (Å²) >= 11 is 0. The number of methoxy groups -OCH3 is 1. The Hall–Kier alpha value is -3.10. The Bertz CT molecular complexity index is 868. The van der Waals surface area contributed by atoms with E-state index in [0.717, 1.165) is 5.56 Å². The number of rotatable bonds is 23. The van der Waals surface area contributed by atoms with Crippen LogP contribution in [0.15, 0.2) is 24.3 Å². The Balaban J connectivity index is 2.14. The van der Waals surface area contributed by atoms with Crippen LogP contribution in [0.3, 0.4) is 0 Å². The fourth-order valence-corrected chi connectivity index (χ4v) is 3.54. The van der Waals surface area contributed by atoms with E-state index in [0.29, 0.717) is 52.0 Å². The number of nitrogens with two attached hydrogens (primary N) is 1. The minimum Gasteiger partial charge on any atom is -0.508 e. The van der Waals surface area contributed by atoms with E-state index in [2.05, 4.69) is 21.3 Å². The molecule has 0 aromatic heterocycles. The van der Waals surface area contributed by atoms with Crippen LogP contribution in [0.5, 0.6) is 5.75 Å². The van der Waals surface area contributed by atoms with Crippen molar-refractivity contribution in [2.24, 2.45) is 5.73 Å². The van der Waals surface area contributed by atoms with Crippen LogP contribution in [0.4, 0.5) is 0 Å². The lowest BCUT2D eigenvalue weighted by molar-refractivity contribution is -0.127. The van der Waals surface area contributed by atoms with Crippen molar-refractivity contribution < 1.29 is 38.5 Å². The van der Waals surface area contributed by atoms with E-state index >= 15 is 0 Å². The minimum absolute atomic E-state index is 0.00649. The van der Waals surface area contributed by atoms with Gasteiger partial charge in [-0.3, -0.25) is 24.5 Å². The van der Waals surface area contributed by atoms with Gasteiger partial charge in [-0.25, -0.2) is 0 Å². The number of unbranched alkanes of at least 4 members (excludes halogenated alkanes) is 1. The maximum absolute atomic E-state index is 12.6. The van der Waals surface area contributed by atoms with Gasteiger partial charge in [0.1, 0.15) is 19.0 Å². The Morgan fingerprint density at radius 3 is 2.23 bits per heavy atom. The van der Waals surface area contributed by atoms with Crippen molar-refractivity contribution in [2.75, 3.05) is 66.8 Å². The van der Waals surface area contributed by atoms with Crippen molar-refractivity contribution in [3.8, 4) is 5.75 Å². The molecule has 0 unspecified atom stereocenters. The SMILES string of the molecule is CN[C@@H](CCCCNC(=O)COCCOCCNC(=O)COC)C(=O)CN[C@@H](Cc1ccc(O)cc1)C(N)=O. The summed E-state index contributed by atoms with van der Waals surface area (Å²) in [5.74, 6) is -0.976. The first-order valence-electron chi connectivity index (χ1n) is 12.9. The second-order valence-electron chi connectivity index (χ2n) is 8.81. The highest BCUT2D eigenvalue weighted by atomic mass is 16.5. The van der Waals surface area contributed by atoms with Crippen LogP contribution in [-0.2, 0) is 39.8 Å². The van der Waals surface area contributed by atoms with Crippen LogP contribution in [-0.4, -0.2) is 108 Å². The van der Waals surface area contributed by atoms with Gasteiger partial charge in [-0.1, -0.05) is 12.1 Å². The predicted octanol–water partition coefficient (Wildman–Crippen LogP) is -1.38. The topological polar surface area (TPSA) is 190 Å². The molecule has 0 aliphatic heterocycles. The number of ketones is 1. The lowest BCUT2D eigenvalue weighted by Crippen LogP contribution is -2.48. The van der Waals surface area contributed by atoms with Crippen molar-refractivity contribution in [1.82, 2.24) is 21.3 Å². The third kappa shape index (κ3) is 16.5. The second kappa shape index (κ2) is 20.8. The molecule has 220 valence electrons. The first-order valence-corrected chi connectivity index (χ1v) is 12.9. The number of Topliss-reactive ketones (excluding diaryl/α,β-unsaturated/α-hetero) is 1. The number of hydrogen-bond acceptors (Lipinski definition) is 10. The highest BCUT2D eigenvalue weighted by molar-refractivity contribution is 5.87. The van der Waals surface area contributed by atoms with E-state index in [1.165, 1.54) is 19.2 Å². The second-order valence-corrected chi connectivity index (χ2v) is 8.81. The minimum atomic E-state index is -0.714. The molecular formula is C26H43N5O8. The third-order valence-electron chi connectivity index (χ3n) is 5.67. The number of nitrogens with one attached hydrogen (secondary N) is 4. The summed E-state index contributed by atoms with van der Waals surface area (Å²) in [5.41, 5.74) is 6.29. The molecule has 1 aromatic carbocycles. The van der Waals surface area contributed by atoms with E-state index in [1.807, 2.05) is 0 Å². The maximum Gasteiger partial charge on any atom is 0.246 e. The van der Waals surface area contributed by atoms with Gasteiger partial charge in [0.2, 0.25) is 17.7 Å². The molecule has 0 aliphatic rings. The van der Waals surface area contributed by atoms with Crippen LogP contribution in [0, 0.1) is 0 Å². The van der Waals surface area contributed by atoms with Crippen molar-refractivity contribution in [3.05, 3.63) is 29.8 Å². The quantitative estimate of drug-likeness (QED) is 0.0881. The molecule has 0 fully saturated rings. The van der Waals surface area contributed by atoms with Crippen LogP contribution < -0.4 is 27.0 Å². The van der Waals surface area contributed by atoms with Crippen molar-refractivity contribution in [1.29, 1.82) is 0 Å². The van der Waals surface area contributed by atoms with Gasteiger partial charge in [-0.15, -0.1) is 0 Å². The van der Waals surface area contributed by atoms with Crippen LogP contribution >= 0.6 is 0 Å². The monoisotopic (exact) mass is 553 g/mol. The molecule has 13 nitrogen and oxygen atoms in total. The number of primary amides is 1. The number of phenols is 1. The number of hydrogen-bond donors (Lipinski definition) is 6. The van der Waals surface area contributed by atoms with E-state index in [4.69, 9.17) is 19.9 Å². The van der Waals surface area contributed by atoms with Gasteiger partial charge in [0.15, 0.2) is 5.78 Å². The van der Waals surface area contributed by atoms with Gasteiger partial charge < -0.3 is 41.0 Å². The number of likely N-dealkylation sites (N-methyl/N-ethyl adjacent to an activating group) is 1. The lowest BCUT2D eigenvalue weighted by atomic mass is 10.0. The molecule has 1 aromatic rings. The fraction of sp³-hybridized carbons (Fsp3) is 0.615. The molecule has 39 heavy (non-hydrogen) atoms. The van der Waals surface area contributed by atoms with E-state index in [-0.39, 0.29) is 49.7 Å². The van der Waals surface area contributed by atoms with E-state index in [1.54, 1.807) is 19.2 Å². The normalized spacial score (nSPS) is 12.5. The molecule has 0 saturated heterocycles. The average Bonchev–Trinajstić information content (AvgIpc) is 2.91. The molecule has 3 amide bonds. The van der Waals surface area contributed by atoms with Crippen LogP contribution in [0.2, 0.25) is 0 Å². The Morgan fingerprint density at radius 2 is 1.56 bits per heavy atom. The number of carbonyl (C=O) groups excluding carboxylic acids is 4. The molecule has 7 N–H and O–H groups in total. The van der Waals surface area contributed by atoms with Gasteiger partial charge in [0.05, 0.1) is 38.4 Å². The summed E-state index contributed by atoms with van der Waals surface area (Å²) < 4.78 is 15.3. The third-order valence-corrected chi connectivity index (χ3v) is 5.67. The van der Waals surface area contributed by atoms with Crippen molar-refractivity contribution >= 4 is 23.5 Å². The van der Waals surface area contributed by atoms with Gasteiger partial charge in [0.25, 0.3) is 0 Å². The first-order chi connectivity index (χ1) is 18.8. The van der Waals surface area contributed by atoms with E-state index in [9.17, 15) is 24.3 Å². The molecule has 13 heteroatoms. The Labute approximate surface area is 229 Å². The molecule has 0 saturated carbocycles. The molecule has 2 atom stereocenters. The standard InChI is InChI=1S/C26H43N5O8/c1-28-21(23(33)16-31-22(26(27)36)15-19-6-8-20(32)9-7-19)5-3-4-10-29-25(35)18-39-14-13-38-12-11-30-24(34)17-37-2/h6-9,21-22,28,31-32H,3-5,10-18H2,1-2H3,(H2,27,36)(H,29,35)(H,30,34)/t21-,22-/m0/s1. The number of aromatic hydroxyl groups is 1. The fourth-order valence-electron chi connectivity index (χ4n) is 3.54. The Kier molecular flexibility index (Phi) is 18.1. The summed E-state index contributed by atoms with van der Waals surface area (Å²) in [5, 5.41) is 20.7. The van der Waals surface area contributed by atoms with Crippen LogP contribution in [0.25, 0.3) is 0 Å². The molecule has 1 rings (SSSR count). The highest BCUT2D eigenvalue weighted by Gasteiger charge is 2.20. The number of phenolic OH excluding ortho intramolecular Hbond substituents is 1. The van der Waals surface area contributed by atoms with Gasteiger partial charge in [0, 0.05) is 20.2 Å². The highest BCUT2D eigenvalue weighted by Crippen LogP contribution is 2.11.